The molecule has 1 saturated heterocycles. The van der Waals surface area contributed by atoms with E-state index in [4.69, 9.17) is 0 Å². The van der Waals surface area contributed by atoms with Crippen LogP contribution in [0.1, 0.15) is 38.6 Å². The van der Waals surface area contributed by atoms with Crippen LogP contribution in [0.15, 0.2) is 6.07 Å². The summed E-state index contributed by atoms with van der Waals surface area (Å²) in [7, 11) is 1.87. The monoisotopic (exact) mass is 278 g/mol. The molecule has 0 aromatic carbocycles. The molecule has 2 heterocycles. The van der Waals surface area contributed by atoms with Crippen molar-refractivity contribution in [2.24, 2.45) is 7.05 Å². The number of hydrogen-bond acceptors (Lipinski definition) is 3. The molecule has 0 radical (unpaired) electrons. The highest BCUT2D eigenvalue weighted by atomic mass is 16.2. The van der Waals surface area contributed by atoms with Crippen LogP contribution in [0.4, 0.5) is 0 Å². The van der Waals surface area contributed by atoms with Crippen molar-refractivity contribution in [1.82, 2.24) is 20.0 Å². The molecule has 20 heavy (non-hydrogen) atoms. The molecule has 2 amide bonds. The minimum Gasteiger partial charge on any atom is -0.343 e. The highest BCUT2D eigenvalue weighted by Gasteiger charge is 2.37. The summed E-state index contributed by atoms with van der Waals surface area (Å²) in [6, 6.07) is 1.15. The Hall–Kier alpha value is -1.85. The predicted octanol–water partition coefficient (Wildman–Crippen LogP) is 0.608. The van der Waals surface area contributed by atoms with Crippen molar-refractivity contribution in [3.63, 3.8) is 0 Å². The van der Waals surface area contributed by atoms with E-state index in [1.807, 2.05) is 27.0 Å². The number of amides is 2. The van der Waals surface area contributed by atoms with Crippen LogP contribution >= 0.6 is 0 Å². The van der Waals surface area contributed by atoms with Gasteiger partial charge in [0.05, 0.1) is 17.9 Å². The molecule has 2 rings (SSSR count). The van der Waals surface area contributed by atoms with Gasteiger partial charge in [-0.3, -0.25) is 14.3 Å². The van der Waals surface area contributed by atoms with E-state index in [-0.39, 0.29) is 11.8 Å². The Balaban J connectivity index is 2.22. The van der Waals surface area contributed by atoms with Gasteiger partial charge in [-0.05, 0) is 25.8 Å². The number of nitrogens with zero attached hydrogens (tertiary/aromatic N) is 3. The maximum Gasteiger partial charge on any atom is 0.246 e. The zero-order valence-corrected chi connectivity index (χ0v) is 12.5. The van der Waals surface area contributed by atoms with Gasteiger partial charge in [0.2, 0.25) is 11.8 Å². The lowest BCUT2D eigenvalue weighted by molar-refractivity contribution is -0.149. The molecule has 2 atom stereocenters. The minimum atomic E-state index is -0.440. The van der Waals surface area contributed by atoms with Gasteiger partial charge in [-0.25, -0.2) is 0 Å². The fraction of sp³-hybridized carbons (Fsp3) is 0.643. The normalized spacial score (nSPS) is 23.1. The van der Waals surface area contributed by atoms with Gasteiger partial charge in [0, 0.05) is 7.05 Å². The van der Waals surface area contributed by atoms with Crippen molar-refractivity contribution in [1.29, 1.82) is 0 Å². The summed E-state index contributed by atoms with van der Waals surface area (Å²) in [6.45, 7) is 6.13. The van der Waals surface area contributed by atoms with Gasteiger partial charge in [0.15, 0.2) is 0 Å². The van der Waals surface area contributed by atoms with E-state index in [1.165, 1.54) is 0 Å². The van der Waals surface area contributed by atoms with Crippen LogP contribution in [0.25, 0.3) is 0 Å². The Bertz CT molecular complexity index is 523. The molecule has 1 aromatic rings. The molecular formula is C14H22N4O2. The third-order valence-corrected chi connectivity index (χ3v) is 3.87. The molecule has 1 aromatic heterocycles. The molecule has 2 unspecified atom stereocenters. The van der Waals surface area contributed by atoms with Crippen molar-refractivity contribution < 1.29 is 9.59 Å². The number of hydrogen-bond donors (Lipinski definition) is 1. The zero-order valence-electron chi connectivity index (χ0n) is 12.5. The maximum atomic E-state index is 12.4. The molecule has 0 saturated carbocycles. The number of carbonyl (C=O) groups is 2. The van der Waals surface area contributed by atoms with Crippen LogP contribution in [-0.4, -0.2) is 38.6 Å². The van der Waals surface area contributed by atoms with Crippen molar-refractivity contribution in [3.8, 4) is 0 Å². The first-order valence-corrected chi connectivity index (χ1v) is 7.10. The van der Waals surface area contributed by atoms with Crippen LogP contribution < -0.4 is 5.32 Å². The van der Waals surface area contributed by atoms with Crippen LogP contribution in [0.5, 0.6) is 0 Å². The van der Waals surface area contributed by atoms with Gasteiger partial charge in [0.1, 0.15) is 12.1 Å². The molecule has 0 spiro atoms. The summed E-state index contributed by atoms with van der Waals surface area (Å²) in [4.78, 5) is 26.0. The molecular weight excluding hydrogens is 256 g/mol. The van der Waals surface area contributed by atoms with Crippen molar-refractivity contribution >= 4 is 11.8 Å². The molecule has 1 aliphatic rings. The summed E-state index contributed by atoms with van der Waals surface area (Å²) in [5.74, 6) is -0.104. The summed E-state index contributed by atoms with van der Waals surface area (Å²) < 4.78 is 1.78. The van der Waals surface area contributed by atoms with Gasteiger partial charge in [-0.15, -0.1) is 0 Å². The predicted molar refractivity (Wildman–Crippen MR) is 74.8 cm³/mol. The van der Waals surface area contributed by atoms with Crippen molar-refractivity contribution in [2.75, 3.05) is 0 Å². The highest BCUT2D eigenvalue weighted by molar-refractivity contribution is 5.96. The number of rotatable bonds is 4. The summed E-state index contributed by atoms with van der Waals surface area (Å²) in [6.07, 6.45) is 1.47. The van der Waals surface area contributed by atoms with E-state index in [2.05, 4.69) is 10.4 Å². The lowest BCUT2D eigenvalue weighted by atomic mass is 10.1. The number of carbonyl (C=O) groups excluding carboxylic acids is 2. The second-order valence-electron chi connectivity index (χ2n) is 5.22. The zero-order chi connectivity index (χ0) is 14.9. The summed E-state index contributed by atoms with van der Waals surface area (Å²) in [5, 5.41) is 7.14. The molecule has 1 fully saturated rings. The van der Waals surface area contributed by atoms with Gasteiger partial charge in [0.25, 0.3) is 0 Å². The standard InChI is InChI=1S/C14H22N4O2/c1-5-10-7-11(17(4)16-10)8-18-9(3)13(19)15-12(6-2)14(18)20/h7,9,12H,5-6,8H2,1-4H3,(H,15,19). The van der Waals surface area contributed by atoms with Crippen LogP contribution in [0.2, 0.25) is 0 Å². The van der Waals surface area contributed by atoms with E-state index in [1.54, 1.807) is 16.5 Å². The lowest BCUT2D eigenvalue weighted by Crippen LogP contribution is -2.61. The molecule has 0 aliphatic carbocycles. The fourth-order valence-electron chi connectivity index (χ4n) is 2.44. The Kier molecular flexibility index (Phi) is 4.11. The molecule has 6 nitrogen and oxygen atoms in total. The Morgan fingerprint density at radius 2 is 2.05 bits per heavy atom. The molecule has 0 bridgehead atoms. The Morgan fingerprint density at radius 1 is 1.35 bits per heavy atom. The second kappa shape index (κ2) is 5.64. The van der Waals surface area contributed by atoms with Gasteiger partial charge in [-0.2, -0.15) is 5.10 Å². The topological polar surface area (TPSA) is 67.2 Å². The molecule has 1 N–H and O–H groups in total. The Morgan fingerprint density at radius 3 is 2.60 bits per heavy atom. The van der Waals surface area contributed by atoms with E-state index in [0.29, 0.717) is 13.0 Å². The molecule has 1 aliphatic heterocycles. The van der Waals surface area contributed by atoms with E-state index in [9.17, 15) is 9.59 Å². The average molecular weight is 278 g/mol. The fourth-order valence-corrected chi connectivity index (χ4v) is 2.44. The summed E-state index contributed by atoms with van der Waals surface area (Å²) >= 11 is 0. The van der Waals surface area contributed by atoms with Gasteiger partial charge >= 0.3 is 0 Å². The largest absolute Gasteiger partial charge is 0.343 e. The first kappa shape index (κ1) is 14.6. The number of piperazine rings is 1. The lowest BCUT2D eigenvalue weighted by Gasteiger charge is -2.37. The maximum absolute atomic E-state index is 12.4. The van der Waals surface area contributed by atoms with Crippen LogP contribution in [-0.2, 0) is 29.6 Å². The van der Waals surface area contributed by atoms with Crippen LogP contribution in [0.3, 0.4) is 0 Å². The van der Waals surface area contributed by atoms with Gasteiger partial charge < -0.3 is 10.2 Å². The number of aromatic nitrogens is 2. The van der Waals surface area contributed by atoms with E-state index < -0.39 is 12.1 Å². The molecule has 110 valence electrons. The molecule has 6 heteroatoms. The third kappa shape index (κ3) is 2.55. The van der Waals surface area contributed by atoms with Crippen molar-refractivity contribution in [3.05, 3.63) is 17.5 Å². The average Bonchev–Trinajstić information content (AvgIpc) is 2.79. The minimum absolute atomic E-state index is 0.0150. The van der Waals surface area contributed by atoms with Crippen LogP contribution in [0, 0.1) is 0 Å². The number of aryl methyl sites for hydroxylation is 2. The van der Waals surface area contributed by atoms with E-state index in [0.717, 1.165) is 17.8 Å². The summed E-state index contributed by atoms with van der Waals surface area (Å²) in [5.41, 5.74) is 1.95. The smallest absolute Gasteiger partial charge is 0.246 e. The van der Waals surface area contributed by atoms with E-state index >= 15 is 0 Å². The SMILES string of the molecule is CCc1cc(CN2C(=O)C(CC)NC(=O)C2C)n(C)n1. The van der Waals surface area contributed by atoms with Gasteiger partial charge in [-0.1, -0.05) is 13.8 Å². The Labute approximate surface area is 119 Å². The quantitative estimate of drug-likeness (QED) is 0.877. The second-order valence-corrected chi connectivity index (χ2v) is 5.22. The number of nitrogens with one attached hydrogen (secondary N) is 1. The first-order valence-electron chi connectivity index (χ1n) is 7.10. The van der Waals surface area contributed by atoms with Crippen molar-refractivity contribution in [2.45, 2.75) is 52.2 Å². The first-order chi connectivity index (χ1) is 9.47. The third-order valence-electron chi connectivity index (χ3n) is 3.87. The highest BCUT2D eigenvalue weighted by Crippen LogP contribution is 2.16.